The van der Waals surface area contributed by atoms with E-state index in [0.717, 1.165) is 36.6 Å². The fourth-order valence-electron chi connectivity index (χ4n) is 2.22. The largest absolute Gasteiger partial charge is 0.370 e. The van der Waals surface area contributed by atoms with Gasteiger partial charge in [0, 0.05) is 13.1 Å². The van der Waals surface area contributed by atoms with Crippen molar-refractivity contribution in [3.63, 3.8) is 0 Å². The maximum atomic E-state index is 13.0. The predicted octanol–water partition coefficient (Wildman–Crippen LogP) is 3.00. The highest BCUT2D eigenvalue weighted by Crippen LogP contribution is 2.26. The molecular weight excluding hydrogens is 368 g/mol. The standard InChI is InChI=1S/C15H22FN3.HI/c1-11-9-14(16)6-5-13(11)7-8-18-15(17)19-10-12-3-2-4-12;/h5-6,9,12H,2-4,7-8,10H2,1H3,(H3,17,18,19);1H. The SMILES string of the molecule is Cc1cc(F)ccc1CCNC(N)=NCC1CCC1.I. The summed E-state index contributed by atoms with van der Waals surface area (Å²) in [7, 11) is 0. The van der Waals surface area contributed by atoms with Crippen LogP contribution >= 0.6 is 24.0 Å². The Morgan fingerprint density at radius 2 is 2.20 bits per heavy atom. The molecule has 1 aliphatic carbocycles. The first-order valence-electron chi connectivity index (χ1n) is 6.94. The lowest BCUT2D eigenvalue weighted by atomic mass is 9.86. The van der Waals surface area contributed by atoms with Gasteiger partial charge in [0.05, 0.1) is 0 Å². The minimum absolute atomic E-state index is 0. The number of aryl methyl sites for hydroxylation is 1. The van der Waals surface area contributed by atoms with Crippen LogP contribution < -0.4 is 11.1 Å². The smallest absolute Gasteiger partial charge is 0.188 e. The van der Waals surface area contributed by atoms with Crippen LogP contribution in [0.2, 0.25) is 0 Å². The molecule has 0 aromatic heterocycles. The topological polar surface area (TPSA) is 50.4 Å². The number of halogens is 2. The number of nitrogens with one attached hydrogen (secondary N) is 1. The number of hydrogen-bond acceptors (Lipinski definition) is 1. The van der Waals surface area contributed by atoms with Crippen LogP contribution in [0.1, 0.15) is 30.4 Å². The van der Waals surface area contributed by atoms with E-state index in [2.05, 4.69) is 10.3 Å². The van der Waals surface area contributed by atoms with Crippen molar-refractivity contribution in [3.05, 3.63) is 35.1 Å². The third-order valence-electron chi connectivity index (χ3n) is 3.75. The number of nitrogens with zero attached hydrogens (tertiary/aromatic N) is 1. The molecule has 112 valence electrons. The molecule has 1 aromatic rings. The van der Waals surface area contributed by atoms with Gasteiger partial charge < -0.3 is 11.1 Å². The lowest BCUT2D eigenvalue weighted by Crippen LogP contribution is -2.34. The molecule has 3 nitrogen and oxygen atoms in total. The van der Waals surface area contributed by atoms with Crippen LogP contribution in [0.5, 0.6) is 0 Å². The molecule has 1 aromatic carbocycles. The average molecular weight is 391 g/mol. The lowest BCUT2D eigenvalue weighted by Gasteiger charge is -2.23. The number of benzene rings is 1. The van der Waals surface area contributed by atoms with Crippen molar-refractivity contribution in [2.45, 2.75) is 32.6 Å². The second-order valence-corrected chi connectivity index (χ2v) is 5.27. The molecule has 20 heavy (non-hydrogen) atoms. The second kappa shape index (κ2) is 8.44. The highest BCUT2D eigenvalue weighted by atomic mass is 127. The van der Waals surface area contributed by atoms with Gasteiger partial charge in [-0.25, -0.2) is 4.39 Å². The Kier molecular flexibility index (Phi) is 7.26. The van der Waals surface area contributed by atoms with E-state index in [-0.39, 0.29) is 29.8 Å². The quantitative estimate of drug-likeness (QED) is 0.461. The maximum Gasteiger partial charge on any atom is 0.188 e. The first-order chi connectivity index (χ1) is 9.15. The Balaban J connectivity index is 0.00000200. The number of aliphatic imine (C=N–C) groups is 1. The molecule has 0 saturated heterocycles. The molecule has 1 fully saturated rings. The van der Waals surface area contributed by atoms with Gasteiger partial charge in [-0.2, -0.15) is 0 Å². The zero-order chi connectivity index (χ0) is 13.7. The van der Waals surface area contributed by atoms with E-state index in [0.29, 0.717) is 5.96 Å². The first kappa shape index (κ1) is 17.2. The third-order valence-corrected chi connectivity index (χ3v) is 3.75. The van der Waals surface area contributed by atoms with Crippen molar-refractivity contribution < 1.29 is 4.39 Å². The average Bonchev–Trinajstić information content (AvgIpc) is 2.30. The van der Waals surface area contributed by atoms with Crippen LogP contribution in [-0.2, 0) is 6.42 Å². The van der Waals surface area contributed by atoms with Crippen molar-refractivity contribution in [1.29, 1.82) is 0 Å². The highest BCUT2D eigenvalue weighted by molar-refractivity contribution is 14.0. The molecule has 0 atom stereocenters. The van der Waals surface area contributed by atoms with E-state index in [4.69, 9.17) is 5.73 Å². The van der Waals surface area contributed by atoms with Crippen molar-refractivity contribution in [2.75, 3.05) is 13.1 Å². The first-order valence-corrected chi connectivity index (χ1v) is 6.94. The third kappa shape index (κ3) is 5.26. The molecular formula is C15H23FIN3. The van der Waals surface area contributed by atoms with Gasteiger partial charge in [0.2, 0.25) is 0 Å². The summed E-state index contributed by atoms with van der Waals surface area (Å²) in [6.45, 7) is 3.49. The fraction of sp³-hybridized carbons (Fsp3) is 0.533. The summed E-state index contributed by atoms with van der Waals surface area (Å²) in [4.78, 5) is 4.34. The van der Waals surface area contributed by atoms with Crippen molar-refractivity contribution in [1.82, 2.24) is 5.32 Å². The summed E-state index contributed by atoms with van der Waals surface area (Å²) in [5.74, 6) is 1.07. The van der Waals surface area contributed by atoms with Crippen LogP contribution in [0.15, 0.2) is 23.2 Å². The van der Waals surface area contributed by atoms with Crippen LogP contribution in [0.3, 0.4) is 0 Å². The number of nitrogens with two attached hydrogens (primary N) is 1. The van der Waals surface area contributed by atoms with Crippen LogP contribution in [-0.4, -0.2) is 19.0 Å². The Morgan fingerprint density at radius 1 is 1.45 bits per heavy atom. The van der Waals surface area contributed by atoms with Gasteiger partial charge in [0.1, 0.15) is 5.82 Å². The summed E-state index contributed by atoms with van der Waals surface area (Å²) in [5.41, 5.74) is 7.92. The van der Waals surface area contributed by atoms with E-state index in [1.807, 2.05) is 13.0 Å². The van der Waals surface area contributed by atoms with Gasteiger partial charge in [0.15, 0.2) is 5.96 Å². The van der Waals surface area contributed by atoms with Crippen molar-refractivity contribution >= 4 is 29.9 Å². The molecule has 1 aliphatic rings. The zero-order valence-corrected chi connectivity index (χ0v) is 14.2. The van der Waals surface area contributed by atoms with E-state index in [1.165, 1.54) is 25.3 Å². The normalized spacial score (nSPS) is 15.4. The van der Waals surface area contributed by atoms with Crippen LogP contribution in [0.25, 0.3) is 0 Å². The molecule has 5 heteroatoms. The monoisotopic (exact) mass is 391 g/mol. The van der Waals surface area contributed by atoms with E-state index >= 15 is 0 Å². The van der Waals surface area contributed by atoms with Crippen LogP contribution in [0.4, 0.5) is 4.39 Å². The molecule has 0 amide bonds. The molecule has 1 saturated carbocycles. The molecule has 0 radical (unpaired) electrons. The van der Waals surface area contributed by atoms with E-state index in [1.54, 1.807) is 6.07 Å². The van der Waals surface area contributed by atoms with Gasteiger partial charge in [0.25, 0.3) is 0 Å². The van der Waals surface area contributed by atoms with Gasteiger partial charge in [-0.05, 0) is 55.4 Å². The Bertz CT molecular complexity index is 458. The summed E-state index contributed by atoms with van der Waals surface area (Å²) >= 11 is 0. The molecule has 0 unspecified atom stereocenters. The molecule has 0 aliphatic heterocycles. The van der Waals surface area contributed by atoms with Gasteiger partial charge >= 0.3 is 0 Å². The second-order valence-electron chi connectivity index (χ2n) is 5.27. The highest BCUT2D eigenvalue weighted by Gasteiger charge is 2.16. The Morgan fingerprint density at radius 3 is 2.80 bits per heavy atom. The minimum atomic E-state index is -0.184. The van der Waals surface area contributed by atoms with E-state index < -0.39 is 0 Å². The summed E-state index contributed by atoms with van der Waals surface area (Å²) < 4.78 is 13.0. The number of hydrogen-bond donors (Lipinski definition) is 2. The van der Waals surface area contributed by atoms with Crippen molar-refractivity contribution in [2.24, 2.45) is 16.6 Å². The summed E-state index contributed by atoms with van der Waals surface area (Å²) in [5, 5.41) is 3.11. The van der Waals surface area contributed by atoms with E-state index in [9.17, 15) is 4.39 Å². The maximum absolute atomic E-state index is 13.0. The summed E-state index contributed by atoms with van der Waals surface area (Å²) in [6.07, 6.45) is 4.72. The number of rotatable bonds is 5. The predicted molar refractivity (Wildman–Crippen MR) is 92.1 cm³/mol. The molecule has 0 bridgehead atoms. The van der Waals surface area contributed by atoms with Gasteiger partial charge in [-0.1, -0.05) is 12.5 Å². The minimum Gasteiger partial charge on any atom is -0.370 e. The Hall–Kier alpha value is -0.850. The fourth-order valence-corrected chi connectivity index (χ4v) is 2.22. The molecule has 2 rings (SSSR count). The van der Waals surface area contributed by atoms with Crippen molar-refractivity contribution in [3.8, 4) is 0 Å². The Labute approximate surface area is 137 Å². The summed E-state index contributed by atoms with van der Waals surface area (Å²) in [6, 6.07) is 4.88. The zero-order valence-electron chi connectivity index (χ0n) is 11.9. The number of guanidine groups is 1. The molecule has 3 N–H and O–H groups in total. The lowest BCUT2D eigenvalue weighted by molar-refractivity contribution is 0.326. The van der Waals surface area contributed by atoms with Gasteiger partial charge in [-0.3, -0.25) is 4.99 Å². The molecule has 0 heterocycles. The van der Waals surface area contributed by atoms with Gasteiger partial charge in [-0.15, -0.1) is 24.0 Å². The van der Waals surface area contributed by atoms with Crippen LogP contribution in [0, 0.1) is 18.7 Å². The molecule has 0 spiro atoms.